The first-order valence-electron chi connectivity index (χ1n) is 10.1. The fraction of sp³-hybridized carbons (Fsp3) is 0.167. The molecule has 0 atom stereocenters. The van der Waals surface area contributed by atoms with Crippen LogP contribution in [0.4, 0.5) is 5.69 Å². The summed E-state index contributed by atoms with van der Waals surface area (Å²) in [5, 5.41) is 4.11. The average molecular weight is 452 g/mol. The summed E-state index contributed by atoms with van der Waals surface area (Å²) in [5.41, 5.74) is 4.26. The van der Waals surface area contributed by atoms with E-state index in [1.165, 1.54) is 12.1 Å². The van der Waals surface area contributed by atoms with E-state index in [0.29, 0.717) is 23.8 Å². The molecule has 3 rings (SSSR count). The first-order valence-corrected chi connectivity index (χ1v) is 11.5. The molecule has 1 amide bonds. The zero-order valence-corrected chi connectivity index (χ0v) is 18.7. The molecule has 0 spiro atoms. The highest BCUT2D eigenvalue weighted by molar-refractivity contribution is 7.92. The highest BCUT2D eigenvalue weighted by Crippen LogP contribution is 2.25. The summed E-state index contributed by atoms with van der Waals surface area (Å²) in [4.78, 5) is 12.7. The third-order valence-electron chi connectivity index (χ3n) is 4.59. The van der Waals surface area contributed by atoms with Crippen LogP contribution in [-0.4, -0.2) is 33.2 Å². The lowest BCUT2D eigenvalue weighted by atomic mass is 10.1. The van der Waals surface area contributed by atoms with E-state index in [-0.39, 0.29) is 4.90 Å². The Balaban J connectivity index is 1.86. The van der Waals surface area contributed by atoms with E-state index in [1.807, 2.05) is 37.3 Å². The molecule has 0 aromatic heterocycles. The molecular weight excluding hydrogens is 426 g/mol. The van der Waals surface area contributed by atoms with Crippen molar-refractivity contribution >= 4 is 27.3 Å². The van der Waals surface area contributed by atoms with Crippen molar-refractivity contribution in [1.82, 2.24) is 5.43 Å². The first kappa shape index (κ1) is 23.0. The first-order chi connectivity index (χ1) is 15.4. The lowest BCUT2D eigenvalue weighted by Crippen LogP contribution is -2.39. The van der Waals surface area contributed by atoms with Crippen LogP contribution in [0.2, 0.25) is 0 Å². The number of amides is 1. The van der Waals surface area contributed by atoms with Crippen LogP contribution in [0.15, 0.2) is 94.9 Å². The number of hydrogen-bond donors (Lipinski definition) is 1. The molecule has 7 nitrogen and oxygen atoms in total. The van der Waals surface area contributed by atoms with Crippen molar-refractivity contribution in [2.24, 2.45) is 5.10 Å². The van der Waals surface area contributed by atoms with Crippen molar-refractivity contribution in [3.05, 3.63) is 90.5 Å². The third-order valence-corrected chi connectivity index (χ3v) is 6.38. The molecule has 0 saturated heterocycles. The zero-order chi connectivity index (χ0) is 23.0. The van der Waals surface area contributed by atoms with Gasteiger partial charge in [0.25, 0.3) is 15.9 Å². The number of rotatable bonds is 9. The molecule has 1 N–H and O–H groups in total. The number of carbonyl (C=O) groups excluding carboxylic acids is 1. The Labute approximate surface area is 188 Å². The van der Waals surface area contributed by atoms with E-state index in [1.54, 1.807) is 49.4 Å². The van der Waals surface area contributed by atoms with Crippen LogP contribution < -0.4 is 14.5 Å². The summed E-state index contributed by atoms with van der Waals surface area (Å²) in [6.07, 6.45) is 0. The summed E-state index contributed by atoms with van der Waals surface area (Å²) in [7, 11) is -3.98. The number of hydrogen-bond acceptors (Lipinski definition) is 5. The highest BCUT2D eigenvalue weighted by Gasteiger charge is 2.27. The van der Waals surface area contributed by atoms with Gasteiger partial charge in [-0.2, -0.15) is 5.10 Å². The van der Waals surface area contributed by atoms with Crippen LogP contribution in [0.25, 0.3) is 0 Å². The van der Waals surface area contributed by atoms with Crippen LogP contribution in [0.5, 0.6) is 5.75 Å². The van der Waals surface area contributed by atoms with Gasteiger partial charge in [0, 0.05) is 0 Å². The molecule has 0 aliphatic rings. The van der Waals surface area contributed by atoms with E-state index >= 15 is 0 Å². The summed E-state index contributed by atoms with van der Waals surface area (Å²) in [6.45, 7) is 3.69. The molecule has 0 saturated carbocycles. The summed E-state index contributed by atoms with van der Waals surface area (Å²) in [6, 6.07) is 23.9. The van der Waals surface area contributed by atoms with Crippen molar-refractivity contribution in [1.29, 1.82) is 0 Å². The van der Waals surface area contributed by atoms with Gasteiger partial charge in [-0.3, -0.25) is 9.10 Å². The maximum Gasteiger partial charge on any atom is 0.264 e. The number of sulfonamides is 1. The van der Waals surface area contributed by atoms with Crippen LogP contribution >= 0.6 is 0 Å². The van der Waals surface area contributed by atoms with Crippen LogP contribution in [-0.2, 0) is 14.8 Å². The summed E-state index contributed by atoms with van der Waals surface area (Å²) >= 11 is 0. The van der Waals surface area contributed by atoms with Crippen LogP contribution in [0.3, 0.4) is 0 Å². The molecule has 0 bridgehead atoms. The number of nitrogens with zero attached hydrogens (tertiary/aromatic N) is 2. The van der Waals surface area contributed by atoms with E-state index in [9.17, 15) is 13.2 Å². The molecule has 8 heteroatoms. The number of nitrogens with one attached hydrogen (secondary N) is 1. The van der Waals surface area contributed by atoms with Gasteiger partial charge in [-0.1, -0.05) is 48.5 Å². The van der Waals surface area contributed by atoms with Gasteiger partial charge in [-0.25, -0.2) is 13.8 Å². The Morgan fingerprint density at radius 1 is 0.938 bits per heavy atom. The number of carbonyl (C=O) groups is 1. The quantitative estimate of drug-likeness (QED) is 0.396. The molecule has 3 aromatic carbocycles. The lowest BCUT2D eigenvalue weighted by molar-refractivity contribution is -0.119. The second-order valence-corrected chi connectivity index (χ2v) is 8.71. The van der Waals surface area contributed by atoms with Gasteiger partial charge in [0.05, 0.1) is 22.9 Å². The van der Waals surface area contributed by atoms with E-state index in [4.69, 9.17) is 4.74 Å². The zero-order valence-electron chi connectivity index (χ0n) is 17.9. The minimum atomic E-state index is -3.98. The molecule has 0 radical (unpaired) electrons. The third kappa shape index (κ3) is 5.73. The normalized spacial score (nSPS) is 11.6. The molecule has 0 heterocycles. The molecule has 32 heavy (non-hydrogen) atoms. The van der Waals surface area contributed by atoms with E-state index in [2.05, 4.69) is 10.5 Å². The van der Waals surface area contributed by atoms with Crippen molar-refractivity contribution < 1.29 is 17.9 Å². The smallest absolute Gasteiger partial charge is 0.264 e. The van der Waals surface area contributed by atoms with Crippen molar-refractivity contribution in [3.63, 3.8) is 0 Å². The molecule has 166 valence electrons. The SMILES string of the molecule is CCOc1ccc(N(CC(=O)N/N=C(/C)c2ccccc2)S(=O)(=O)c2ccccc2)cc1. The van der Waals surface area contributed by atoms with Gasteiger partial charge >= 0.3 is 0 Å². The van der Waals surface area contributed by atoms with Crippen LogP contribution in [0.1, 0.15) is 19.4 Å². The highest BCUT2D eigenvalue weighted by atomic mass is 32.2. The average Bonchev–Trinajstić information content (AvgIpc) is 2.83. The second kappa shape index (κ2) is 10.6. The second-order valence-electron chi connectivity index (χ2n) is 6.85. The van der Waals surface area contributed by atoms with E-state index in [0.717, 1.165) is 9.87 Å². The topological polar surface area (TPSA) is 88.1 Å². The monoisotopic (exact) mass is 451 g/mol. The van der Waals surface area contributed by atoms with Crippen molar-refractivity contribution in [3.8, 4) is 5.75 Å². The number of anilines is 1. The Morgan fingerprint density at radius 2 is 1.53 bits per heavy atom. The van der Waals surface area contributed by atoms with Gasteiger partial charge in [-0.05, 0) is 55.8 Å². The fourth-order valence-corrected chi connectivity index (χ4v) is 4.41. The van der Waals surface area contributed by atoms with Gasteiger partial charge < -0.3 is 4.74 Å². The Bertz CT molecular complexity index is 1160. The van der Waals surface area contributed by atoms with Crippen LogP contribution in [0, 0.1) is 0 Å². The van der Waals surface area contributed by atoms with Gasteiger partial charge in [0.15, 0.2) is 0 Å². The minimum absolute atomic E-state index is 0.0886. The molecule has 0 fully saturated rings. The Kier molecular flexibility index (Phi) is 7.62. The molecule has 0 aliphatic heterocycles. The maximum absolute atomic E-state index is 13.3. The predicted octanol–water partition coefficient (Wildman–Crippen LogP) is 3.82. The van der Waals surface area contributed by atoms with Gasteiger partial charge in [-0.15, -0.1) is 0 Å². The van der Waals surface area contributed by atoms with Gasteiger partial charge in [0.1, 0.15) is 12.3 Å². The number of benzene rings is 3. The fourth-order valence-electron chi connectivity index (χ4n) is 2.97. The van der Waals surface area contributed by atoms with Gasteiger partial charge in [0.2, 0.25) is 0 Å². The van der Waals surface area contributed by atoms with Crippen molar-refractivity contribution in [2.45, 2.75) is 18.7 Å². The molecular formula is C24H25N3O4S. The standard InChI is InChI=1S/C24H25N3O4S/c1-3-31-22-16-14-21(15-17-22)27(32(29,30)23-12-8-5-9-13-23)18-24(28)26-25-19(2)20-10-6-4-7-11-20/h4-17H,3,18H2,1-2H3,(H,26,28)/b25-19-. The Hall–Kier alpha value is -3.65. The number of hydrazone groups is 1. The van der Waals surface area contributed by atoms with E-state index < -0.39 is 22.5 Å². The molecule has 0 unspecified atom stereocenters. The molecule has 0 aliphatic carbocycles. The minimum Gasteiger partial charge on any atom is -0.494 e. The predicted molar refractivity (Wildman–Crippen MR) is 125 cm³/mol. The molecule has 3 aromatic rings. The largest absolute Gasteiger partial charge is 0.494 e. The summed E-state index contributed by atoms with van der Waals surface area (Å²) < 4.78 is 33.1. The summed E-state index contributed by atoms with van der Waals surface area (Å²) in [5.74, 6) is 0.0505. The maximum atomic E-state index is 13.3. The van der Waals surface area contributed by atoms with Crippen molar-refractivity contribution in [2.75, 3.05) is 17.5 Å². The Morgan fingerprint density at radius 3 is 2.12 bits per heavy atom. The number of ether oxygens (including phenoxy) is 1. The lowest BCUT2D eigenvalue weighted by Gasteiger charge is -2.24.